The van der Waals surface area contributed by atoms with E-state index in [2.05, 4.69) is 17.6 Å². The zero-order valence-electron chi connectivity index (χ0n) is 17.3. The van der Waals surface area contributed by atoms with Gasteiger partial charge in [-0.1, -0.05) is 26.2 Å². The molecule has 0 radical (unpaired) electrons. The molecule has 1 aromatic rings. The largest absolute Gasteiger partial charge is 0.493 e. The SMILES string of the molecule is CCCCCCOc1c(OC)cc(C2NC(=S)NC3=C2C(=O)CCC3)cc1[N+](=O)[O-]. The summed E-state index contributed by atoms with van der Waals surface area (Å²) in [5, 5.41) is 18.3. The highest BCUT2D eigenvalue weighted by Crippen LogP contribution is 2.42. The number of allylic oxidation sites excluding steroid dienone is 1. The second kappa shape index (κ2) is 9.88. The number of nitro benzene ring substituents is 1. The van der Waals surface area contributed by atoms with Crippen LogP contribution in [0.3, 0.4) is 0 Å². The predicted molar refractivity (Wildman–Crippen MR) is 117 cm³/mol. The lowest BCUT2D eigenvalue weighted by atomic mass is 9.85. The topological polar surface area (TPSA) is 103 Å². The highest BCUT2D eigenvalue weighted by molar-refractivity contribution is 7.80. The number of thiocarbonyl (C=S) groups is 1. The number of Topliss-reactive ketones (excluding diaryl/α,β-unsaturated/α-hetero) is 1. The first kappa shape index (κ1) is 22.0. The molecule has 9 heteroatoms. The summed E-state index contributed by atoms with van der Waals surface area (Å²) in [6.45, 7) is 2.49. The maximum Gasteiger partial charge on any atom is 0.315 e. The van der Waals surface area contributed by atoms with E-state index < -0.39 is 11.0 Å². The van der Waals surface area contributed by atoms with Gasteiger partial charge in [-0.25, -0.2) is 0 Å². The summed E-state index contributed by atoms with van der Waals surface area (Å²) in [5.41, 5.74) is 1.73. The van der Waals surface area contributed by atoms with E-state index in [0.29, 0.717) is 29.3 Å². The van der Waals surface area contributed by atoms with Gasteiger partial charge in [0.25, 0.3) is 0 Å². The van der Waals surface area contributed by atoms with E-state index in [1.807, 2.05) is 0 Å². The van der Waals surface area contributed by atoms with Crippen molar-refractivity contribution in [2.45, 2.75) is 57.9 Å². The number of hydrogen-bond donors (Lipinski definition) is 2. The fourth-order valence-electron chi connectivity index (χ4n) is 3.87. The van der Waals surface area contributed by atoms with Crippen LogP contribution < -0.4 is 20.1 Å². The second-order valence-electron chi connectivity index (χ2n) is 7.44. The monoisotopic (exact) mass is 433 g/mol. The Morgan fingerprint density at radius 1 is 1.27 bits per heavy atom. The number of rotatable bonds is 9. The first-order valence-corrected chi connectivity index (χ1v) is 10.7. The molecule has 3 rings (SSSR count). The number of nitro groups is 1. The van der Waals surface area contributed by atoms with Crippen LogP contribution in [0.25, 0.3) is 0 Å². The van der Waals surface area contributed by atoms with Crippen LogP contribution in [0.1, 0.15) is 63.5 Å². The van der Waals surface area contributed by atoms with Gasteiger partial charge in [0, 0.05) is 23.8 Å². The van der Waals surface area contributed by atoms with E-state index in [0.717, 1.165) is 44.2 Å². The molecule has 2 N–H and O–H groups in total. The molecule has 1 heterocycles. The van der Waals surface area contributed by atoms with Crippen LogP contribution in [0.15, 0.2) is 23.4 Å². The number of nitrogens with zero attached hydrogens (tertiary/aromatic N) is 1. The lowest BCUT2D eigenvalue weighted by molar-refractivity contribution is -0.386. The van der Waals surface area contributed by atoms with Gasteiger partial charge in [0.1, 0.15) is 0 Å². The Labute approximate surface area is 181 Å². The van der Waals surface area contributed by atoms with Crippen molar-refractivity contribution in [1.29, 1.82) is 0 Å². The van der Waals surface area contributed by atoms with E-state index in [1.165, 1.54) is 13.2 Å². The van der Waals surface area contributed by atoms with Crippen molar-refractivity contribution in [2.24, 2.45) is 0 Å². The molecule has 1 aromatic carbocycles. The number of hydrogen-bond acceptors (Lipinski definition) is 6. The van der Waals surface area contributed by atoms with Gasteiger partial charge in [-0.2, -0.15) is 0 Å². The Morgan fingerprint density at radius 3 is 2.77 bits per heavy atom. The number of carbonyl (C=O) groups excluding carboxylic acids is 1. The molecule has 8 nitrogen and oxygen atoms in total. The minimum absolute atomic E-state index is 0.0154. The Morgan fingerprint density at radius 2 is 2.07 bits per heavy atom. The van der Waals surface area contributed by atoms with Gasteiger partial charge in [-0.15, -0.1) is 0 Å². The predicted octanol–water partition coefficient (Wildman–Crippen LogP) is 4.09. The fourth-order valence-corrected chi connectivity index (χ4v) is 4.11. The molecule has 1 unspecified atom stereocenters. The summed E-state index contributed by atoms with van der Waals surface area (Å²) in [7, 11) is 1.45. The number of carbonyl (C=O) groups is 1. The van der Waals surface area contributed by atoms with Gasteiger partial charge in [-0.05, 0) is 43.1 Å². The Hall–Kier alpha value is -2.68. The fraction of sp³-hybridized carbons (Fsp3) is 0.524. The van der Waals surface area contributed by atoms with Crippen molar-refractivity contribution in [3.8, 4) is 11.5 Å². The highest BCUT2D eigenvalue weighted by Gasteiger charge is 2.35. The summed E-state index contributed by atoms with van der Waals surface area (Å²) >= 11 is 5.30. The van der Waals surface area contributed by atoms with E-state index in [4.69, 9.17) is 21.7 Å². The molecular formula is C21H27N3O5S. The van der Waals surface area contributed by atoms with Crippen LogP contribution >= 0.6 is 12.2 Å². The molecule has 1 aliphatic carbocycles. The van der Waals surface area contributed by atoms with E-state index in [-0.39, 0.29) is 23.0 Å². The molecule has 0 fully saturated rings. The summed E-state index contributed by atoms with van der Waals surface area (Å²) in [4.78, 5) is 23.9. The molecular weight excluding hydrogens is 406 g/mol. The van der Waals surface area contributed by atoms with Crippen molar-refractivity contribution >= 4 is 28.8 Å². The van der Waals surface area contributed by atoms with Crippen LogP contribution in [0.2, 0.25) is 0 Å². The van der Waals surface area contributed by atoms with E-state index >= 15 is 0 Å². The van der Waals surface area contributed by atoms with Crippen LogP contribution in [-0.4, -0.2) is 29.5 Å². The Bertz CT molecular complexity index is 884. The number of benzene rings is 1. The van der Waals surface area contributed by atoms with Gasteiger partial charge in [0.2, 0.25) is 5.75 Å². The van der Waals surface area contributed by atoms with Crippen LogP contribution in [0.4, 0.5) is 5.69 Å². The average molecular weight is 434 g/mol. The molecule has 0 saturated carbocycles. The smallest absolute Gasteiger partial charge is 0.315 e. The summed E-state index contributed by atoms with van der Waals surface area (Å²) in [6.07, 6.45) is 5.93. The van der Waals surface area contributed by atoms with Gasteiger partial charge in [0.05, 0.1) is 24.7 Å². The standard InChI is InChI=1S/C21H27N3O5S/c1-3-4-5-6-10-29-20-15(24(26)27)11-13(12-17(20)28-2)19-18-14(22-21(30)23-19)8-7-9-16(18)25/h11-12,19H,3-10H2,1-2H3,(H2,22,23,30). The van der Waals surface area contributed by atoms with Gasteiger partial charge in [0.15, 0.2) is 16.6 Å². The number of ether oxygens (including phenoxy) is 2. The van der Waals surface area contributed by atoms with E-state index in [1.54, 1.807) is 6.07 Å². The minimum Gasteiger partial charge on any atom is -0.493 e. The van der Waals surface area contributed by atoms with E-state index in [9.17, 15) is 14.9 Å². The summed E-state index contributed by atoms with van der Waals surface area (Å²) in [6, 6.07) is 2.57. The molecule has 0 spiro atoms. The zero-order valence-corrected chi connectivity index (χ0v) is 18.1. The molecule has 0 aromatic heterocycles. The van der Waals surface area contributed by atoms with Crippen LogP contribution in [-0.2, 0) is 4.79 Å². The van der Waals surface area contributed by atoms with Gasteiger partial charge < -0.3 is 20.1 Å². The maximum atomic E-state index is 12.6. The molecule has 0 amide bonds. The average Bonchev–Trinajstić information content (AvgIpc) is 2.72. The van der Waals surface area contributed by atoms with Crippen molar-refractivity contribution in [3.63, 3.8) is 0 Å². The maximum absolute atomic E-state index is 12.6. The number of unbranched alkanes of at least 4 members (excludes halogenated alkanes) is 3. The Kier molecular flexibility index (Phi) is 7.25. The molecule has 162 valence electrons. The lowest BCUT2D eigenvalue weighted by Crippen LogP contribution is -2.46. The quantitative estimate of drug-likeness (QED) is 0.260. The molecule has 30 heavy (non-hydrogen) atoms. The van der Waals surface area contributed by atoms with Gasteiger partial charge in [-0.3, -0.25) is 14.9 Å². The molecule has 0 bridgehead atoms. The first-order chi connectivity index (χ1) is 14.5. The van der Waals surface area contributed by atoms with Crippen molar-refractivity contribution in [2.75, 3.05) is 13.7 Å². The third-order valence-corrected chi connectivity index (χ3v) is 5.56. The second-order valence-corrected chi connectivity index (χ2v) is 7.85. The van der Waals surface area contributed by atoms with Crippen molar-refractivity contribution in [3.05, 3.63) is 39.1 Å². The Balaban J connectivity index is 1.97. The third kappa shape index (κ3) is 4.72. The van der Waals surface area contributed by atoms with Crippen LogP contribution in [0.5, 0.6) is 11.5 Å². The highest BCUT2D eigenvalue weighted by atomic mass is 32.1. The summed E-state index contributed by atoms with van der Waals surface area (Å²) < 4.78 is 11.2. The molecule has 0 saturated heterocycles. The van der Waals surface area contributed by atoms with Crippen LogP contribution in [0, 0.1) is 10.1 Å². The normalized spacial score (nSPS) is 18.4. The molecule has 2 aliphatic rings. The van der Waals surface area contributed by atoms with Crippen molar-refractivity contribution in [1.82, 2.24) is 10.6 Å². The third-order valence-electron chi connectivity index (χ3n) is 5.34. The summed E-state index contributed by atoms with van der Waals surface area (Å²) in [5.74, 6) is 0.399. The number of methoxy groups -OCH3 is 1. The lowest BCUT2D eigenvalue weighted by Gasteiger charge is -2.33. The number of nitrogens with one attached hydrogen (secondary N) is 2. The first-order valence-electron chi connectivity index (χ1n) is 10.3. The molecule has 1 aliphatic heterocycles. The minimum atomic E-state index is -0.562. The van der Waals surface area contributed by atoms with Gasteiger partial charge >= 0.3 is 5.69 Å². The van der Waals surface area contributed by atoms with Crippen molar-refractivity contribution < 1.29 is 19.2 Å². The zero-order chi connectivity index (χ0) is 21.7. The molecule has 1 atom stereocenters. The number of ketones is 1.